The van der Waals surface area contributed by atoms with Crippen molar-refractivity contribution in [3.63, 3.8) is 0 Å². The van der Waals surface area contributed by atoms with E-state index >= 15 is 4.39 Å². The third-order valence-electron chi connectivity index (χ3n) is 4.92. The van der Waals surface area contributed by atoms with E-state index in [1.54, 1.807) is 25.7 Å². The van der Waals surface area contributed by atoms with Crippen LogP contribution < -0.4 is 20.3 Å². The number of benzene rings is 1. The molecule has 1 unspecified atom stereocenters. The average Bonchev–Trinajstić information content (AvgIpc) is 2.57. The number of methoxy groups -OCH3 is 1. The van der Waals surface area contributed by atoms with Crippen molar-refractivity contribution in [2.45, 2.75) is 51.2 Å². The maximum absolute atomic E-state index is 15.1. The van der Waals surface area contributed by atoms with Gasteiger partial charge < -0.3 is 19.7 Å². The van der Waals surface area contributed by atoms with Crippen LogP contribution in [0.4, 0.5) is 19.3 Å². The monoisotopic (exact) mass is 425 g/mol. The molecule has 2 aliphatic rings. The van der Waals surface area contributed by atoms with E-state index in [2.05, 4.69) is 10.6 Å². The lowest BCUT2D eigenvalue weighted by Crippen LogP contribution is -2.60. The molecule has 8 nitrogen and oxygen atoms in total. The molecule has 0 saturated carbocycles. The van der Waals surface area contributed by atoms with Crippen molar-refractivity contribution >= 4 is 23.6 Å². The Morgan fingerprint density at radius 1 is 1.27 bits per heavy atom. The number of hydrogen-bond donors (Lipinski definition) is 2. The Morgan fingerprint density at radius 2 is 1.93 bits per heavy atom. The zero-order valence-electron chi connectivity index (χ0n) is 17.3. The second-order valence-corrected chi connectivity index (χ2v) is 8.39. The van der Waals surface area contributed by atoms with Crippen LogP contribution >= 0.6 is 0 Å². The van der Waals surface area contributed by atoms with Gasteiger partial charge in [0.2, 0.25) is 11.8 Å². The van der Waals surface area contributed by atoms with Crippen molar-refractivity contribution in [1.29, 1.82) is 0 Å². The standard InChI is InChI=1S/C20H25F2N3O5/c1-20(2,3)30-19(28)23-10-8-25(9-10)13-7-12(21)15(16(22)17(13)29-4)11-5-6-14(26)24-18(11)27/h7,10-11H,5-6,8-9H2,1-4H3,(H,23,28)(H,24,26,27). The van der Waals surface area contributed by atoms with E-state index in [0.717, 1.165) is 6.07 Å². The third kappa shape index (κ3) is 4.47. The fourth-order valence-electron chi connectivity index (χ4n) is 3.56. The Balaban J connectivity index is 1.76. The van der Waals surface area contributed by atoms with Crippen molar-refractivity contribution < 1.29 is 32.6 Å². The first-order valence-electron chi connectivity index (χ1n) is 9.64. The Morgan fingerprint density at radius 3 is 2.50 bits per heavy atom. The van der Waals surface area contributed by atoms with E-state index in [9.17, 15) is 18.8 Å². The second-order valence-electron chi connectivity index (χ2n) is 8.39. The number of carbonyl (C=O) groups is 3. The van der Waals surface area contributed by atoms with Crippen LogP contribution in [-0.4, -0.2) is 49.7 Å². The average molecular weight is 425 g/mol. The minimum absolute atomic E-state index is 0.00347. The van der Waals surface area contributed by atoms with Crippen LogP contribution in [0.3, 0.4) is 0 Å². The van der Waals surface area contributed by atoms with Gasteiger partial charge in [-0.25, -0.2) is 13.6 Å². The summed E-state index contributed by atoms with van der Waals surface area (Å²) in [6.45, 7) is 5.87. The van der Waals surface area contributed by atoms with Crippen LogP contribution in [0.15, 0.2) is 6.07 Å². The number of alkyl carbamates (subject to hydrolysis) is 1. The van der Waals surface area contributed by atoms with Gasteiger partial charge in [0.1, 0.15) is 11.4 Å². The fraction of sp³-hybridized carbons (Fsp3) is 0.550. The van der Waals surface area contributed by atoms with Crippen LogP contribution in [0.2, 0.25) is 0 Å². The van der Waals surface area contributed by atoms with Gasteiger partial charge >= 0.3 is 6.09 Å². The van der Waals surface area contributed by atoms with Crippen molar-refractivity contribution in [2.75, 3.05) is 25.1 Å². The summed E-state index contributed by atoms with van der Waals surface area (Å²) in [7, 11) is 1.25. The molecular formula is C20H25F2N3O5. The number of halogens is 2. The van der Waals surface area contributed by atoms with Crippen LogP contribution in [0.1, 0.15) is 45.1 Å². The van der Waals surface area contributed by atoms with E-state index in [1.165, 1.54) is 7.11 Å². The summed E-state index contributed by atoms with van der Waals surface area (Å²) >= 11 is 0. The smallest absolute Gasteiger partial charge is 0.407 e. The Labute approximate surface area is 172 Å². The predicted octanol–water partition coefficient (Wildman–Crippen LogP) is 2.21. The van der Waals surface area contributed by atoms with Crippen LogP contribution in [0.5, 0.6) is 5.75 Å². The Hall–Kier alpha value is -2.91. The van der Waals surface area contributed by atoms with Gasteiger partial charge in [-0.15, -0.1) is 0 Å². The van der Waals surface area contributed by atoms with Crippen LogP contribution in [0, 0.1) is 11.6 Å². The molecule has 0 spiro atoms. The van der Waals surface area contributed by atoms with Gasteiger partial charge in [0.25, 0.3) is 0 Å². The number of nitrogens with zero attached hydrogens (tertiary/aromatic N) is 1. The zero-order valence-corrected chi connectivity index (χ0v) is 17.3. The van der Waals surface area contributed by atoms with Gasteiger partial charge in [0.05, 0.1) is 24.8 Å². The minimum Gasteiger partial charge on any atom is -0.492 e. The summed E-state index contributed by atoms with van der Waals surface area (Å²) in [4.78, 5) is 36.9. The highest BCUT2D eigenvalue weighted by Crippen LogP contribution is 2.41. The summed E-state index contributed by atoms with van der Waals surface area (Å²) in [5.74, 6) is -4.35. The van der Waals surface area contributed by atoms with Crippen molar-refractivity contribution in [1.82, 2.24) is 10.6 Å². The number of ether oxygens (including phenoxy) is 2. The number of nitrogens with one attached hydrogen (secondary N) is 2. The molecule has 0 radical (unpaired) electrons. The molecule has 30 heavy (non-hydrogen) atoms. The van der Waals surface area contributed by atoms with E-state index in [4.69, 9.17) is 9.47 Å². The summed E-state index contributed by atoms with van der Waals surface area (Å²) in [5.41, 5.74) is -0.857. The van der Waals surface area contributed by atoms with Crippen LogP contribution in [-0.2, 0) is 14.3 Å². The minimum atomic E-state index is -1.11. The van der Waals surface area contributed by atoms with E-state index in [1.807, 2.05) is 0 Å². The number of piperidine rings is 1. The van der Waals surface area contributed by atoms with Gasteiger partial charge in [-0.3, -0.25) is 14.9 Å². The molecular weight excluding hydrogens is 400 g/mol. The molecule has 1 aromatic carbocycles. The van der Waals surface area contributed by atoms with Gasteiger partial charge in [0, 0.05) is 31.1 Å². The normalized spacial score (nSPS) is 19.8. The predicted molar refractivity (Wildman–Crippen MR) is 103 cm³/mol. The molecule has 0 bridgehead atoms. The molecule has 2 aliphatic heterocycles. The molecule has 164 valence electrons. The number of rotatable bonds is 4. The highest BCUT2D eigenvalue weighted by Gasteiger charge is 2.37. The zero-order chi connectivity index (χ0) is 22.2. The number of imide groups is 1. The topological polar surface area (TPSA) is 97.0 Å². The highest BCUT2D eigenvalue weighted by atomic mass is 19.1. The van der Waals surface area contributed by atoms with Gasteiger partial charge in [-0.2, -0.15) is 0 Å². The lowest BCUT2D eigenvalue weighted by molar-refractivity contribution is -0.134. The number of anilines is 1. The number of hydrogen-bond acceptors (Lipinski definition) is 6. The van der Waals surface area contributed by atoms with Crippen molar-refractivity contribution in [2.24, 2.45) is 0 Å². The van der Waals surface area contributed by atoms with Gasteiger partial charge in [0.15, 0.2) is 11.6 Å². The third-order valence-corrected chi connectivity index (χ3v) is 4.92. The van der Waals surface area contributed by atoms with E-state index in [-0.39, 0.29) is 30.3 Å². The molecule has 3 amide bonds. The van der Waals surface area contributed by atoms with Gasteiger partial charge in [-0.05, 0) is 27.2 Å². The summed E-state index contributed by atoms with van der Waals surface area (Å²) < 4.78 is 40.3. The summed E-state index contributed by atoms with van der Waals surface area (Å²) in [5, 5.41) is 4.80. The number of amides is 3. The first-order valence-corrected chi connectivity index (χ1v) is 9.64. The maximum atomic E-state index is 15.1. The fourth-order valence-corrected chi connectivity index (χ4v) is 3.56. The molecule has 0 aliphatic carbocycles. The maximum Gasteiger partial charge on any atom is 0.407 e. The molecule has 3 rings (SSSR count). The molecule has 10 heteroatoms. The second kappa shape index (κ2) is 8.08. The van der Waals surface area contributed by atoms with Gasteiger partial charge in [-0.1, -0.05) is 0 Å². The lowest BCUT2D eigenvalue weighted by Gasteiger charge is -2.42. The number of carbonyl (C=O) groups excluding carboxylic acids is 3. The highest BCUT2D eigenvalue weighted by molar-refractivity contribution is 6.01. The first-order chi connectivity index (χ1) is 14.0. The SMILES string of the molecule is COc1c(N2CC(NC(=O)OC(C)(C)C)C2)cc(F)c(C2CCC(=O)NC2=O)c1F. The van der Waals surface area contributed by atoms with E-state index in [0.29, 0.717) is 13.1 Å². The van der Waals surface area contributed by atoms with Crippen molar-refractivity contribution in [3.05, 3.63) is 23.3 Å². The lowest BCUT2D eigenvalue weighted by atomic mass is 9.89. The molecule has 2 saturated heterocycles. The van der Waals surface area contributed by atoms with Crippen LogP contribution in [0.25, 0.3) is 0 Å². The molecule has 2 fully saturated rings. The molecule has 1 atom stereocenters. The summed E-state index contributed by atoms with van der Waals surface area (Å²) in [6, 6.07) is 0.871. The molecule has 1 aromatic rings. The molecule has 2 N–H and O–H groups in total. The Kier molecular flexibility index (Phi) is 5.87. The molecule has 0 aromatic heterocycles. The van der Waals surface area contributed by atoms with E-state index < -0.39 is 46.6 Å². The largest absolute Gasteiger partial charge is 0.492 e. The molecule has 2 heterocycles. The summed E-state index contributed by atoms with van der Waals surface area (Å²) in [6.07, 6.45) is -0.541. The Bertz CT molecular complexity index is 878. The van der Waals surface area contributed by atoms with Crippen molar-refractivity contribution in [3.8, 4) is 5.75 Å². The first kappa shape index (κ1) is 21.8. The quantitative estimate of drug-likeness (QED) is 0.718.